The number of furan rings is 1. The molecule has 1 aliphatic heterocycles. The van der Waals surface area contributed by atoms with Crippen molar-refractivity contribution in [3.8, 4) is 0 Å². The molecule has 0 atom stereocenters. The van der Waals surface area contributed by atoms with Crippen LogP contribution in [0.1, 0.15) is 28.8 Å². The quantitative estimate of drug-likeness (QED) is 0.522. The molecule has 3 heterocycles. The lowest BCUT2D eigenvalue weighted by Gasteiger charge is -2.32. The van der Waals surface area contributed by atoms with E-state index >= 15 is 0 Å². The van der Waals surface area contributed by atoms with Gasteiger partial charge in [0.2, 0.25) is 11.5 Å². The van der Waals surface area contributed by atoms with Crippen molar-refractivity contribution in [1.29, 1.82) is 0 Å². The summed E-state index contributed by atoms with van der Waals surface area (Å²) in [6.45, 7) is 2.86. The summed E-state index contributed by atoms with van der Waals surface area (Å²) in [6, 6.07) is 14.8. The fourth-order valence-corrected chi connectivity index (χ4v) is 4.34. The molecule has 0 spiro atoms. The summed E-state index contributed by atoms with van der Waals surface area (Å²) >= 11 is 0. The number of nitrogens with one attached hydrogen (secondary N) is 1. The molecule has 0 radical (unpaired) electrons. The van der Waals surface area contributed by atoms with Crippen LogP contribution in [0.25, 0.3) is 22.1 Å². The van der Waals surface area contributed by atoms with E-state index in [1.165, 1.54) is 10.9 Å². The normalized spacial score (nSPS) is 14.6. The highest BCUT2D eigenvalue weighted by atomic mass is 16.3. The highest BCUT2D eigenvalue weighted by molar-refractivity contribution is 6.01. The first-order valence-electron chi connectivity index (χ1n) is 11.0. The van der Waals surface area contributed by atoms with Gasteiger partial charge in [-0.3, -0.25) is 19.0 Å². The molecule has 5 rings (SSSR count). The van der Waals surface area contributed by atoms with E-state index in [9.17, 15) is 14.4 Å². The number of nitrogens with zero attached hydrogens (tertiary/aromatic N) is 3. The predicted octanol–water partition coefficient (Wildman–Crippen LogP) is 2.87. The Morgan fingerprint density at radius 2 is 1.82 bits per heavy atom. The summed E-state index contributed by atoms with van der Waals surface area (Å²) in [7, 11) is 0. The SMILES string of the molecule is Cc1ccccc1C(=O)NC1CCN(C(=O)Cn2cnc3c(oc4ccccc43)c2=O)CC1. The van der Waals surface area contributed by atoms with Gasteiger partial charge in [-0.1, -0.05) is 30.3 Å². The number of rotatable bonds is 4. The van der Waals surface area contributed by atoms with Crippen LogP contribution in [-0.2, 0) is 11.3 Å². The van der Waals surface area contributed by atoms with Crippen LogP contribution in [-0.4, -0.2) is 45.4 Å². The number of para-hydroxylation sites is 1. The van der Waals surface area contributed by atoms with E-state index in [4.69, 9.17) is 4.42 Å². The minimum atomic E-state index is -0.370. The topological polar surface area (TPSA) is 97.4 Å². The second-order valence-electron chi connectivity index (χ2n) is 8.40. The molecule has 1 aliphatic rings. The molecule has 0 saturated carbocycles. The summed E-state index contributed by atoms with van der Waals surface area (Å²) in [6.07, 6.45) is 2.73. The van der Waals surface area contributed by atoms with E-state index < -0.39 is 0 Å². The second kappa shape index (κ2) is 8.54. The molecule has 0 unspecified atom stereocenters. The third kappa shape index (κ3) is 4.00. The average Bonchev–Trinajstić information content (AvgIpc) is 3.21. The zero-order chi connectivity index (χ0) is 22.9. The van der Waals surface area contributed by atoms with Gasteiger partial charge in [0.05, 0.1) is 6.33 Å². The van der Waals surface area contributed by atoms with E-state index in [2.05, 4.69) is 10.3 Å². The first kappa shape index (κ1) is 20.9. The zero-order valence-corrected chi connectivity index (χ0v) is 18.3. The van der Waals surface area contributed by atoms with Crippen LogP contribution >= 0.6 is 0 Å². The Labute approximate surface area is 189 Å². The van der Waals surface area contributed by atoms with Crippen molar-refractivity contribution in [2.45, 2.75) is 32.4 Å². The van der Waals surface area contributed by atoms with Gasteiger partial charge >= 0.3 is 0 Å². The molecule has 2 amide bonds. The fourth-order valence-electron chi connectivity index (χ4n) is 4.34. The van der Waals surface area contributed by atoms with Crippen LogP contribution < -0.4 is 10.9 Å². The molecule has 168 valence electrons. The molecule has 0 aliphatic carbocycles. The highest BCUT2D eigenvalue weighted by Gasteiger charge is 2.25. The van der Waals surface area contributed by atoms with Gasteiger partial charge < -0.3 is 14.6 Å². The Balaban J connectivity index is 1.23. The van der Waals surface area contributed by atoms with Crippen LogP contribution in [0.2, 0.25) is 0 Å². The molecular formula is C25H24N4O4. The summed E-state index contributed by atoms with van der Waals surface area (Å²) in [5.74, 6) is -0.243. The number of amides is 2. The predicted molar refractivity (Wildman–Crippen MR) is 124 cm³/mol. The summed E-state index contributed by atoms with van der Waals surface area (Å²) in [4.78, 5) is 44.3. The molecule has 8 heteroatoms. The van der Waals surface area contributed by atoms with E-state index in [-0.39, 0.29) is 35.5 Å². The third-order valence-corrected chi connectivity index (χ3v) is 6.23. The maximum Gasteiger partial charge on any atom is 0.297 e. The van der Waals surface area contributed by atoms with Gasteiger partial charge in [0, 0.05) is 30.1 Å². The molecule has 2 aromatic heterocycles. The van der Waals surface area contributed by atoms with Gasteiger partial charge in [-0.2, -0.15) is 0 Å². The van der Waals surface area contributed by atoms with Crippen molar-refractivity contribution in [3.63, 3.8) is 0 Å². The zero-order valence-electron chi connectivity index (χ0n) is 18.3. The summed E-state index contributed by atoms with van der Waals surface area (Å²) < 4.78 is 6.98. The van der Waals surface area contributed by atoms with Crippen LogP contribution in [0, 0.1) is 6.92 Å². The van der Waals surface area contributed by atoms with Gasteiger partial charge in [-0.05, 0) is 43.5 Å². The lowest BCUT2D eigenvalue weighted by Crippen LogP contribution is -2.47. The number of aromatic nitrogens is 2. The maximum atomic E-state index is 12.9. The Morgan fingerprint density at radius 1 is 1.09 bits per heavy atom. The minimum Gasteiger partial charge on any atom is -0.448 e. The second-order valence-corrected chi connectivity index (χ2v) is 8.40. The molecule has 0 bridgehead atoms. The molecule has 1 N–H and O–H groups in total. The molecule has 8 nitrogen and oxygen atoms in total. The maximum absolute atomic E-state index is 12.9. The number of fused-ring (bicyclic) bond motifs is 3. The third-order valence-electron chi connectivity index (χ3n) is 6.23. The fraction of sp³-hybridized carbons (Fsp3) is 0.280. The molecule has 1 saturated heterocycles. The lowest BCUT2D eigenvalue weighted by atomic mass is 10.0. The van der Waals surface area contributed by atoms with Gasteiger partial charge in [-0.15, -0.1) is 0 Å². The Hall–Kier alpha value is -3.94. The van der Waals surface area contributed by atoms with Crippen LogP contribution in [0.15, 0.2) is 64.1 Å². The first-order valence-corrected chi connectivity index (χ1v) is 11.0. The molecule has 33 heavy (non-hydrogen) atoms. The average molecular weight is 444 g/mol. The van der Waals surface area contributed by atoms with Crippen molar-refractivity contribution in [3.05, 3.63) is 76.3 Å². The Kier molecular flexibility index (Phi) is 5.42. The first-order chi connectivity index (χ1) is 16.0. The number of likely N-dealkylation sites (tertiary alicyclic amines) is 1. The molecular weight excluding hydrogens is 420 g/mol. The lowest BCUT2D eigenvalue weighted by molar-refractivity contribution is -0.133. The number of piperidine rings is 1. The molecule has 1 fully saturated rings. The summed E-state index contributed by atoms with van der Waals surface area (Å²) in [5, 5.41) is 3.85. The van der Waals surface area contributed by atoms with Gasteiger partial charge in [0.15, 0.2) is 0 Å². The largest absolute Gasteiger partial charge is 0.448 e. The van der Waals surface area contributed by atoms with Crippen molar-refractivity contribution in [2.75, 3.05) is 13.1 Å². The van der Waals surface area contributed by atoms with Crippen molar-refractivity contribution in [2.24, 2.45) is 0 Å². The van der Waals surface area contributed by atoms with Crippen molar-refractivity contribution < 1.29 is 14.0 Å². The van der Waals surface area contributed by atoms with Gasteiger partial charge in [0.25, 0.3) is 11.5 Å². The standard InChI is InChI=1S/C25H24N4O4/c1-16-6-2-3-7-18(16)24(31)27-17-10-12-28(13-11-17)21(30)14-29-15-26-22-19-8-4-5-9-20(19)33-23(22)25(29)32/h2-9,15,17H,10-14H2,1H3,(H,27,31). The Morgan fingerprint density at radius 3 is 2.61 bits per heavy atom. The van der Waals surface area contributed by atoms with E-state index in [1.807, 2.05) is 49.4 Å². The number of aryl methyl sites for hydroxylation is 1. The van der Waals surface area contributed by atoms with E-state index in [0.717, 1.165) is 10.9 Å². The monoisotopic (exact) mass is 444 g/mol. The molecule has 2 aromatic carbocycles. The number of carbonyl (C=O) groups excluding carboxylic acids is 2. The Bertz CT molecular complexity index is 1410. The van der Waals surface area contributed by atoms with Crippen molar-refractivity contribution in [1.82, 2.24) is 19.8 Å². The number of hydrogen-bond acceptors (Lipinski definition) is 5. The summed E-state index contributed by atoms with van der Waals surface area (Å²) in [5.41, 5.74) is 2.49. The van der Waals surface area contributed by atoms with E-state index in [1.54, 1.807) is 11.0 Å². The van der Waals surface area contributed by atoms with Gasteiger partial charge in [-0.25, -0.2) is 4.98 Å². The molecule has 4 aromatic rings. The van der Waals surface area contributed by atoms with E-state index in [0.29, 0.717) is 42.6 Å². The number of carbonyl (C=O) groups is 2. The minimum absolute atomic E-state index is 0.0115. The van der Waals surface area contributed by atoms with Crippen LogP contribution in [0.3, 0.4) is 0 Å². The smallest absolute Gasteiger partial charge is 0.297 e. The van der Waals surface area contributed by atoms with Crippen LogP contribution in [0.4, 0.5) is 0 Å². The van der Waals surface area contributed by atoms with Crippen LogP contribution in [0.5, 0.6) is 0 Å². The van der Waals surface area contributed by atoms with Crippen molar-refractivity contribution >= 4 is 33.9 Å². The van der Waals surface area contributed by atoms with Gasteiger partial charge in [0.1, 0.15) is 17.6 Å². The highest BCUT2D eigenvalue weighted by Crippen LogP contribution is 2.24. The number of hydrogen-bond donors (Lipinski definition) is 1. The number of benzene rings is 2.